The van der Waals surface area contributed by atoms with Gasteiger partial charge in [-0.25, -0.2) is 0 Å². The average Bonchev–Trinajstić information content (AvgIpc) is 3.97. The van der Waals surface area contributed by atoms with Crippen LogP contribution in [0.4, 0.5) is 0 Å². The van der Waals surface area contributed by atoms with E-state index in [2.05, 4.69) is 120 Å². The lowest BCUT2D eigenvalue weighted by Crippen LogP contribution is -2.39. The Kier molecular flexibility index (Phi) is 8.00. The lowest BCUT2D eigenvalue weighted by molar-refractivity contribution is 0.385. The van der Waals surface area contributed by atoms with Gasteiger partial charge in [-0.2, -0.15) is 0 Å². The van der Waals surface area contributed by atoms with Crippen LogP contribution in [0.2, 0.25) is 0 Å². The van der Waals surface area contributed by atoms with Crippen molar-refractivity contribution in [3.63, 3.8) is 0 Å². The van der Waals surface area contributed by atoms with Gasteiger partial charge in [0.1, 0.15) is 33.5 Å². The van der Waals surface area contributed by atoms with Crippen LogP contribution in [0, 0.1) is 0 Å². The summed E-state index contributed by atoms with van der Waals surface area (Å²) in [4.78, 5) is 0. The fourth-order valence-corrected chi connectivity index (χ4v) is 8.45. The first kappa shape index (κ1) is 33.4. The van der Waals surface area contributed by atoms with Gasteiger partial charge in [0.25, 0.3) is 0 Å². The minimum absolute atomic E-state index is 0.201. The Balaban J connectivity index is 0.978. The minimum Gasteiger partial charge on any atom is -0.456 e. The van der Waals surface area contributed by atoms with E-state index in [9.17, 15) is 0 Å². The van der Waals surface area contributed by atoms with E-state index in [0.29, 0.717) is 6.54 Å². The van der Waals surface area contributed by atoms with Gasteiger partial charge in [0.15, 0.2) is 0 Å². The molecule has 57 heavy (non-hydrogen) atoms. The standard InChI is InChI=1S/C51H37N3O3/c52-50(31-13-3-1-4-14-31)54-51(32-15-5-2-6-16-32)53-30-34-17-9-20-38-39-22-11-24-42(48(39)56-46(34)38)43-25-12-23-41-40-21-10-19-35(47(40)57-49(41)43)33-27-28-37-36-18-7-8-26-44(36)55-45(37)29-33/h1-29,50-51,53-54H,30,52H2. The quantitative estimate of drug-likeness (QED) is 0.128. The normalized spacial score (nSPS) is 13.1. The third-order valence-corrected chi connectivity index (χ3v) is 11.2. The number of hydrogen-bond acceptors (Lipinski definition) is 6. The predicted octanol–water partition coefficient (Wildman–Crippen LogP) is 12.8. The van der Waals surface area contributed by atoms with E-state index in [1.165, 1.54) is 0 Å². The summed E-state index contributed by atoms with van der Waals surface area (Å²) in [7, 11) is 0. The van der Waals surface area contributed by atoms with E-state index in [-0.39, 0.29) is 12.3 Å². The Hall–Kier alpha value is -6.96. The smallest absolute Gasteiger partial charge is 0.143 e. The molecular formula is C51H37N3O3. The highest BCUT2D eigenvalue weighted by Crippen LogP contribution is 2.44. The zero-order valence-corrected chi connectivity index (χ0v) is 30.9. The van der Waals surface area contributed by atoms with E-state index in [0.717, 1.165) is 105 Å². The molecule has 0 fully saturated rings. The molecule has 8 aromatic carbocycles. The molecule has 0 aliphatic rings. The van der Waals surface area contributed by atoms with Crippen LogP contribution in [0.15, 0.2) is 189 Å². The Labute approximate surface area is 328 Å². The lowest BCUT2D eigenvalue weighted by Gasteiger charge is -2.25. The van der Waals surface area contributed by atoms with Crippen LogP contribution in [-0.4, -0.2) is 0 Å². The molecule has 11 rings (SSSR count). The Morgan fingerprint density at radius 2 is 0.947 bits per heavy atom. The van der Waals surface area contributed by atoms with Gasteiger partial charge in [0.05, 0.1) is 12.3 Å². The molecule has 0 amide bonds. The highest BCUT2D eigenvalue weighted by atomic mass is 16.3. The second kappa shape index (κ2) is 13.7. The van der Waals surface area contributed by atoms with Gasteiger partial charge in [0, 0.05) is 61.1 Å². The van der Waals surface area contributed by atoms with Crippen molar-refractivity contribution in [2.45, 2.75) is 18.9 Å². The number of nitrogens with two attached hydrogens (primary N) is 1. The third-order valence-electron chi connectivity index (χ3n) is 11.2. The topological polar surface area (TPSA) is 89.5 Å². The third kappa shape index (κ3) is 5.69. The van der Waals surface area contributed by atoms with Gasteiger partial charge in [-0.1, -0.05) is 158 Å². The largest absolute Gasteiger partial charge is 0.456 e. The maximum atomic E-state index is 6.91. The van der Waals surface area contributed by atoms with Crippen LogP contribution in [-0.2, 0) is 6.54 Å². The second-order valence-corrected chi connectivity index (χ2v) is 14.6. The van der Waals surface area contributed by atoms with Crippen molar-refractivity contribution in [2.24, 2.45) is 5.73 Å². The number of furan rings is 3. The first-order valence-corrected chi connectivity index (χ1v) is 19.3. The van der Waals surface area contributed by atoms with E-state index < -0.39 is 0 Å². The Morgan fingerprint density at radius 3 is 1.65 bits per heavy atom. The van der Waals surface area contributed by atoms with Crippen LogP contribution in [0.5, 0.6) is 0 Å². The monoisotopic (exact) mass is 739 g/mol. The molecule has 3 aromatic heterocycles. The molecule has 274 valence electrons. The molecule has 0 aliphatic carbocycles. The van der Waals surface area contributed by atoms with Crippen molar-refractivity contribution in [1.82, 2.24) is 10.6 Å². The average molecular weight is 740 g/mol. The predicted molar refractivity (Wildman–Crippen MR) is 232 cm³/mol. The highest BCUT2D eigenvalue weighted by Gasteiger charge is 2.21. The summed E-state index contributed by atoms with van der Waals surface area (Å²) in [6, 6.07) is 60.5. The Bertz CT molecular complexity index is 3250. The van der Waals surface area contributed by atoms with E-state index in [1.54, 1.807) is 0 Å². The molecule has 3 heterocycles. The molecule has 0 saturated heterocycles. The zero-order chi connectivity index (χ0) is 37.9. The molecule has 0 bridgehead atoms. The van der Waals surface area contributed by atoms with Crippen molar-refractivity contribution in [3.8, 4) is 22.3 Å². The summed E-state index contributed by atoms with van der Waals surface area (Å²) in [5.74, 6) is 0. The molecule has 6 nitrogen and oxygen atoms in total. The fraction of sp³-hybridized carbons (Fsp3) is 0.0588. The van der Waals surface area contributed by atoms with Crippen molar-refractivity contribution in [1.29, 1.82) is 0 Å². The van der Waals surface area contributed by atoms with Crippen LogP contribution in [0.1, 0.15) is 29.0 Å². The molecule has 0 aliphatic heterocycles. The summed E-state index contributed by atoms with van der Waals surface area (Å²) in [6.07, 6.45) is -0.557. The van der Waals surface area contributed by atoms with Crippen molar-refractivity contribution >= 4 is 65.8 Å². The molecule has 0 saturated carbocycles. The summed E-state index contributed by atoms with van der Waals surface area (Å²) in [5.41, 5.74) is 19.0. The number of hydrogen-bond donors (Lipinski definition) is 3. The van der Waals surface area contributed by atoms with Gasteiger partial charge in [-0.05, 0) is 34.9 Å². The van der Waals surface area contributed by atoms with Gasteiger partial charge < -0.3 is 19.0 Å². The lowest BCUT2D eigenvalue weighted by atomic mass is 9.98. The molecule has 2 atom stereocenters. The second-order valence-electron chi connectivity index (χ2n) is 14.6. The minimum atomic E-state index is -0.356. The first-order chi connectivity index (χ1) is 28.2. The number of rotatable bonds is 9. The molecule has 2 unspecified atom stereocenters. The summed E-state index contributed by atoms with van der Waals surface area (Å²) < 4.78 is 20.1. The highest BCUT2D eigenvalue weighted by molar-refractivity contribution is 6.17. The summed E-state index contributed by atoms with van der Waals surface area (Å²) in [5, 5.41) is 13.8. The maximum Gasteiger partial charge on any atom is 0.143 e. The van der Waals surface area contributed by atoms with Gasteiger partial charge >= 0.3 is 0 Å². The van der Waals surface area contributed by atoms with Crippen molar-refractivity contribution in [3.05, 3.63) is 193 Å². The van der Waals surface area contributed by atoms with E-state index in [4.69, 9.17) is 19.0 Å². The molecule has 11 aromatic rings. The summed E-state index contributed by atoms with van der Waals surface area (Å²) >= 11 is 0. The maximum absolute atomic E-state index is 6.91. The number of nitrogens with one attached hydrogen (secondary N) is 2. The van der Waals surface area contributed by atoms with Gasteiger partial charge in [-0.3, -0.25) is 10.6 Å². The van der Waals surface area contributed by atoms with Crippen molar-refractivity contribution < 1.29 is 13.3 Å². The van der Waals surface area contributed by atoms with Gasteiger partial charge in [0.2, 0.25) is 0 Å². The van der Waals surface area contributed by atoms with Crippen LogP contribution in [0.25, 0.3) is 88.1 Å². The van der Waals surface area contributed by atoms with Crippen LogP contribution < -0.4 is 16.4 Å². The SMILES string of the molecule is NC(NC(NCc1cccc2c1oc1c(-c3cccc4c3oc3c(-c5ccc6c(c5)oc5ccccc56)cccc34)cccc12)c1ccccc1)c1ccccc1. The van der Waals surface area contributed by atoms with Crippen LogP contribution in [0.3, 0.4) is 0 Å². The zero-order valence-electron chi connectivity index (χ0n) is 30.9. The van der Waals surface area contributed by atoms with Crippen LogP contribution >= 0.6 is 0 Å². The molecule has 6 heteroatoms. The number of benzene rings is 8. The Morgan fingerprint density at radius 1 is 0.421 bits per heavy atom. The molecule has 4 N–H and O–H groups in total. The molecular weight excluding hydrogens is 703 g/mol. The van der Waals surface area contributed by atoms with E-state index >= 15 is 0 Å². The first-order valence-electron chi connectivity index (χ1n) is 19.3. The van der Waals surface area contributed by atoms with Crippen molar-refractivity contribution in [2.75, 3.05) is 0 Å². The fourth-order valence-electron chi connectivity index (χ4n) is 8.45. The molecule has 0 radical (unpaired) electrons. The van der Waals surface area contributed by atoms with E-state index in [1.807, 2.05) is 66.7 Å². The number of para-hydroxylation sites is 5. The van der Waals surface area contributed by atoms with Gasteiger partial charge in [-0.15, -0.1) is 0 Å². The number of fused-ring (bicyclic) bond motifs is 9. The summed E-state index contributed by atoms with van der Waals surface area (Å²) in [6.45, 7) is 0.558. The molecule has 0 spiro atoms.